The number of ether oxygens (including phenoxy) is 3. The van der Waals surface area contributed by atoms with E-state index < -0.39 is 50.5 Å². The highest BCUT2D eigenvalue weighted by atomic mass is 28.4. The third-order valence-electron chi connectivity index (χ3n) is 8.60. The standard InChI is InChI=1S/C33H55N3O7Si/c1-31(2,3)17-16-25-26(37)27(42-33(7,8)41-25)28(40-9)29(38)35-24-15-14-23(43-44(10,11)32(4,5)6)21-36(30(24)39)20-22-13-12-18-34-19-22/h12-13,16-19,23-28,37H,14-15,20-21H2,1-11H3,(H,35,38)/b17-16+/t23-,24+,25-,26-,27-,28-/m1/s1. The van der Waals surface area contributed by atoms with Crippen molar-refractivity contribution in [3.05, 3.63) is 42.2 Å². The lowest BCUT2D eigenvalue weighted by molar-refractivity contribution is -0.334. The van der Waals surface area contributed by atoms with Gasteiger partial charge in [-0.1, -0.05) is 59.8 Å². The Hall–Kier alpha value is -2.15. The van der Waals surface area contributed by atoms with Crippen LogP contribution < -0.4 is 5.32 Å². The van der Waals surface area contributed by atoms with Gasteiger partial charge in [0.05, 0.1) is 6.10 Å². The quantitative estimate of drug-likeness (QED) is 0.300. The Morgan fingerprint density at radius 1 is 1.23 bits per heavy atom. The molecule has 1 aromatic heterocycles. The molecule has 0 aliphatic carbocycles. The molecule has 2 N–H and O–H groups in total. The predicted octanol–water partition coefficient (Wildman–Crippen LogP) is 4.58. The molecule has 1 aromatic rings. The van der Waals surface area contributed by atoms with Gasteiger partial charge < -0.3 is 34.0 Å². The fourth-order valence-corrected chi connectivity index (χ4v) is 6.61. The Morgan fingerprint density at radius 2 is 1.91 bits per heavy atom. The molecule has 0 unspecified atom stereocenters. The smallest absolute Gasteiger partial charge is 0.252 e. The summed E-state index contributed by atoms with van der Waals surface area (Å²) in [7, 11) is -0.727. The van der Waals surface area contributed by atoms with Crippen LogP contribution in [0.4, 0.5) is 0 Å². The molecule has 44 heavy (non-hydrogen) atoms. The molecule has 3 rings (SSSR count). The molecule has 0 saturated carbocycles. The van der Waals surface area contributed by atoms with E-state index in [1.165, 1.54) is 7.11 Å². The lowest BCUT2D eigenvalue weighted by atomic mass is 9.93. The van der Waals surface area contributed by atoms with Crippen LogP contribution in [-0.2, 0) is 34.8 Å². The Labute approximate surface area is 265 Å². The SMILES string of the molecule is CO[C@@H](C(=O)N[C@H]1CC[C@@H](O[Si](C)(C)C(C)(C)C)CN(Cc2cccnc2)C1=O)[C@@H]1OC(C)(C)O[C@H](/C=C/C(C)(C)C)[C@H]1O. The Balaban J connectivity index is 1.84. The average Bonchev–Trinajstić information content (AvgIpc) is 3.03. The molecule has 2 aliphatic rings. The van der Waals surface area contributed by atoms with Crippen molar-refractivity contribution in [2.24, 2.45) is 5.41 Å². The Bertz CT molecular complexity index is 1150. The first-order valence-corrected chi connectivity index (χ1v) is 18.6. The van der Waals surface area contributed by atoms with Crippen molar-refractivity contribution in [2.75, 3.05) is 13.7 Å². The average molecular weight is 634 g/mol. The zero-order valence-electron chi connectivity index (χ0n) is 28.5. The summed E-state index contributed by atoms with van der Waals surface area (Å²) in [6, 6.07) is 2.97. The number of hydrogen-bond acceptors (Lipinski definition) is 8. The van der Waals surface area contributed by atoms with E-state index in [1.807, 2.05) is 39.0 Å². The first-order valence-electron chi connectivity index (χ1n) is 15.6. The second-order valence-electron chi connectivity index (χ2n) is 15.2. The number of nitrogens with one attached hydrogen (secondary N) is 1. The minimum atomic E-state index is -2.12. The fraction of sp³-hybridized carbons (Fsp3) is 0.727. The van der Waals surface area contributed by atoms with Gasteiger partial charge in [0.25, 0.3) is 5.91 Å². The van der Waals surface area contributed by atoms with Gasteiger partial charge >= 0.3 is 0 Å². The lowest BCUT2D eigenvalue weighted by Gasteiger charge is -2.45. The van der Waals surface area contributed by atoms with E-state index in [9.17, 15) is 14.7 Å². The largest absolute Gasteiger partial charge is 0.412 e. The number of aliphatic hydroxyl groups is 1. The van der Waals surface area contributed by atoms with Gasteiger partial charge in [-0.05, 0) is 61.9 Å². The van der Waals surface area contributed by atoms with Crippen molar-refractivity contribution in [1.82, 2.24) is 15.2 Å². The summed E-state index contributed by atoms with van der Waals surface area (Å²) < 4.78 is 24.5. The molecule has 0 radical (unpaired) electrons. The van der Waals surface area contributed by atoms with E-state index in [0.29, 0.717) is 25.9 Å². The monoisotopic (exact) mass is 633 g/mol. The zero-order chi connectivity index (χ0) is 33.1. The number of likely N-dealkylation sites (tertiary alicyclic amines) is 1. The number of carbonyl (C=O) groups excluding carboxylic acids is 2. The van der Waals surface area contributed by atoms with Crippen LogP contribution in [0.3, 0.4) is 0 Å². The highest BCUT2D eigenvalue weighted by Crippen LogP contribution is 2.38. The van der Waals surface area contributed by atoms with Crippen molar-refractivity contribution >= 4 is 20.1 Å². The minimum absolute atomic E-state index is 0.00898. The van der Waals surface area contributed by atoms with Gasteiger partial charge in [-0.15, -0.1) is 0 Å². The summed E-state index contributed by atoms with van der Waals surface area (Å²) in [4.78, 5) is 33.7. The second kappa shape index (κ2) is 14.1. The molecule has 3 heterocycles. The number of methoxy groups -OCH3 is 1. The molecular weight excluding hydrogens is 578 g/mol. The molecule has 0 aromatic carbocycles. The van der Waals surface area contributed by atoms with Crippen LogP contribution in [0, 0.1) is 5.41 Å². The van der Waals surface area contributed by atoms with Crippen LogP contribution in [0.5, 0.6) is 0 Å². The van der Waals surface area contributed by atoms with Crippen molar-refractivity contribution < 1.29 is 33.3 Å². The molecular formula is C33H55N3O7Si. The number of hydrogen-bond donors (Lipinski definition) is 2. The molecule has 248 valence electrons. The van der Waals surface area contributed by atoms with E-state index in [2.05, 4.69) is 44.2 Å². The molecule has 2 aliphatic heterocycles. The number of nitrogens with zero attached hydrogens (tertiary/aromatic N) is 2. The lowest BCUT2D eigenvalue weighted by Crippen LogP contribution is -2.62. The van der Waals surface area contributed by atoms with E-state index in [4.69, 9.17) is 18.6 Å². The summed E-state index contributed by atoms with van der Waals surface area (Å²) in [5.41, 5.74) is 0.760. The number of aliphatic hydroxyl groups excluding tert-OH is 1. The summed E-state index contributed by atoms with van der Waals surface area (Å²) in [5, 5.41) is 14.2. The van der Waals surface area contributed by atoms with Crippen LogP contribution in [-0.4, -0.2) is 91.1 Å². The molecule has 6 atom stereocenters. The summed E-state index contributed by atoms with van der Waals surface area (Å²) in [5.74, 6) is -1.81. The van der Waals surface area contributed by atoms with E-state index >= 15 is 0 Å². The maximum absolute atomic E-state index is 14.0. The van der Waals surface area contributed by atoms with E-state index in [1.54, 1.807) is 37.2 Å². The third kappa shape index (κ3) is 9.67. The fourth-order valence-electron chi connectivity index (χ4n) is 5.23. The van der Waals surface area contributed by atoms with Crippen molar-refractivity contribution in [1.29, 1.82) is 0 Å². The summed E-state index contributed by atoms with van der Waals surface area (Å²) in [6.45, 7) is 21.4. The molecule has 0 bridgehead atoms. The van der Waals surface area contributed by atoms with Gasteiger partial charge in [-0.3, -0.25) is 14.6 Å². The first kappa shape index (κ1) is 36.3. The molecule has 11 heteroatoms. The van der Waals surface area contributed by atoms with Gasteiger partial charge in [0.2, 0.25) is 5.91 Å². The van der Waals surface area contributed by atoms with Crippen molar-refractivity contribution in [3.63, 3.8) is 0 Å². The van der Waals surface area contributed by atoms with Crippen molar-refractivity contribution in [3.8, 4) is 0 Å². The normalized spacial score (nSPS) is 27.7. The number of amides is 2. The van der Waals surface area contributed by atoms with Gasteiger partial charge in [-0.25, -0.2) is 0 Å². The van der Waals surface area contributed by atoms with E-state index in [0.717, 1.165) is 5.56 Å². The first-order chi connectivity index (χ1) is 20.2. The maximum Gasteiger partial charge on any atom is 0.252 e. The highest BCUT2D eigenvalue weighted by molar-refractivity contribution is 6.74. The van der Waals surface area contributed by atoms with Gasteiger partial charge in [-0.2, -0.15) is 0 Å². The summed E-state index contributed by atoms with van der Waals surface area (Å²) >= 11 is 0. The predicted molar refractivity (Wildman–Crippen MR) is 172 cm³/mol. The minimum Gasteiger partial charge on any atom is -0.412 e. The van der Waals surface area contributed by atoms with Crippen molar-refractivity contribution in [2.45, 2.75) is 135 Å². The van der Waals surface area contributed by atoms with Crippen LogP contribution >= 0.6 is 0 Å². The number of aromatic nitrogens is 1. The Kier molecular flexibility index (Phi) is 11.6. The second-order valence-corrected chi connectivity index (χ2v) is 19.9. The van der Waals surface area contributed by atoms with Gasteiger partial charge in [0.1, 0.15) is 24.4 Å². The molecule has 2 amide bonds. The van der Waals surface area contributed by atoms with Gasteiger partial charge in [0, 0.05) is 32.6 Å². The van der Waals surface area contributed by atoms with Crippen LogP contribution in [0.25, 0.3) is 0 Å². The van der Waals surface area contributed by atoms with Gasteiger partial charge in [0.15, 0.2) is 20.2 Å². The molecule has 0 spiro atoms. The van der Waals surface area contributed by atoms with Crippen LogP contribution in [0.2, 0.25) is 18.1 Å². The van der Waals surface area contributed by atoms with Crippen LogP contribution in [0.15, 0.2) is 36.7 Å². The maximum atomic E-state index is 14.0. The highest BCUT2D eigenvalue weighted by Gasteiger charge is 2.48. The molecule has 10 nitrogen and oxygen atoms in total. The number of rotatable bonds is 9. The molecule has 2 saturated heterocycles. The third-order valence-corrected chi connectivity index (χ3v) is 13.1. The number of pyridine rings is 1. The number of allylic oxidation sites excluding steroid dienone is 1. The van der Waals surface area contributed by atoms with Crippen LogP contribution in [0.1, 0.15) is 73.8 Å². The van der Waals surface area contributed by atoms with E-state index in [-0.39, 0.29) is 22.5 Å². The Morgan fingerprint density at radius 3 is 2.48 bits per heavy atom. The zero-order valence-corrected chi connectivity index (χ0v) is 29.5. The topological polar surface area (TPSA) is 119 Å². The summed E-state index contributed by atoms with van der Waals surface area (Å²) in [6.07, 6.45) is 3.95. The molecule has 2 fully saturated rings. The number of carbonyl (C=O) groups is 2.